The summed E-state index contributed by atoms with van der Waals surface area (Å²) in [4.78, 5) is 21.8. The van der Waals surface area contributed by atoms with E-state index in [4.69, 9.17) is 11.6 Å². The molecule has 2 heterocycles. The number of benzene rings is 2. The van der Waals surface area contributed by atoms with Gasteiger partial charge in [0.2, 0.25) is 0 Å². The first kappa shape index (κ1) is 22.7. The highest BCUT2D eigenvalue weighted by molar-refractivity contribution is 6.20. The highest BCUT2D eigenvalue weighted by Crippen LogP contribution is 2.32. The van der Waals surface area contributed by atoms with Crippen LogP contribution in [0.2, 0.25) is 0 Å². The number of alkyl halides is 3. The van der Waals surface area contributed by atoms with E-state index in [1.807, 2.05) is 13.0 Å². The number of rotatable bonds is 6. The predicted octanol–water partition coefficient (Wildman–Crippen LogP) is 6.41. The fourth-order valence-electron chi connectivity index (χ4n) is 3.56. The molecule has 0 fully saturated rings. The Kier molecular flexibility index (Phi) is 6.03. The number of pyridine rings is 1. The smallest absolute Gasteiger partial charge is 0.420 e. The Morgan fingerprint density at radius 3 is 2.52 bits per heavy atom. The zero-order chi connectivity index (χ0) is 23.8. The van der Waals surface area contributed by atoms with Crippen molar-refractivity contribution >= 4 is 34.2 Å². The fraction of sp³-hybridized carbons (Fsp3) is 0.208. The molecule has 6 nitrogen and oxygen atoms in total. The Balaban J connectivity index is 1.70. The number of aromatic nitrogens is 3. The van der Waals surface area contributed by atoms with Gasteiger partial charge in [-0.15, -0.1) is 8.78 Å². The summed E-state index contributed by atoms with van der Waals surface area (Å²) in [6, 6.07) is 11.2. The monoisotopic (exact) mass is 470 g/mol. The van der Waals surface area contributed by atoms with Crippen LogP contribution in [0.4, 0.5) is 14.5 Å². The summed E-state index contributed by atoms with van der Waals surface area (Å²) < 4.78 is 31.9. The standard InChI is InChI=1S/C24H21ClF2N4O2/c1-14(2)31-13-29-21-10-16(9-20(22(21)31)17-8-15(3)11-28-12-17)23(32)30-18-4-6-19(7-5-18)33-24(25,26)27/h4-14H,1-3H3,(H,30,32). The predicted molar refractivity (Wildman–Crippen MR) is 124 cm³/mol. The highest BCUT2D eigenvalue weighted by atomic mass is 35.5. The largest absolute Gasteiger partial charge is 0.487 e. The second-order valence-corrected chi connectivity index (χ2v) is 8.35. The van der Waals surface area contributed by atoms with Crippen LogP contribution in [0.3, 0.4) is 0 Å². The maximum absolute atomic E-state index is 13.0. The maximum Gasteiger partial charge on any atom is 0.487 e. The van der Waals surface area contributed by atoms with Crippen LogP contribution in [0.15, 0.2) is 61.2 Å². The van der Waals surface area contributed by atoms with E-state index in [0.29, 0.717) is 16.8 Å². The van der Waals surface area contributed by atoms with Gasteiger partial charge in [0.15, 0.2) is 0 Å². The molecule has 0 saturated carbocycles. The number of imidazole rings is 1. The quantitative estimate of drug-likeness (QED) is 0.331. The van der Waals surface area contributed by atoms with Crippen LogP contribution in [0.25, 0.3) is 22.2 Å². The number of nitrogens with zero attached hydrogens (tertiary/aromatic N) is 3. The van der Waals surface area contributed by atoms with Crippen molar-refractivity contribution in [3.63, 3.8) is 0 Å². The third kappa shape index (κ3) is 5.12. The number of hydrogen-bond donors (Lipinski definition) is 1. The Bertz CT molecular complexity index is 1310. The van der Waals surface area contributed by atoms with E-state index in [0.717, 1.165) is 22.2 Å². The normalized spacial score (nSPS) is 11.7. The number of halogens is 3. The van der Waals surface area contributed by atoms with Gasteiger partial charge in [0.05, 0.1) is 17.4 Å². The van der Waals surface area contributed by atoms with Gasteiger partial charge in [-0.1, -0.05) is 0 Å². The SMILES string of the molecule is Cc1cncc(-c2cc(C(=O)Nc3ccc(OC(F)(F)Cl)cc3)cc3ncn(C(C)C)c23)c1. The second-order valence-electron chi connectivity index (χ2n) is 7.91. The summed E-state index contributed by atoms with van der Waals surface area (Å²) in [6.07, 6.45) is 5.28. The minimum Gasteiger partial charge on any atom is -0.420 e. The minimum absolute atomic E-state index is 0.122. The van der Waals surface area contributed by atoms with E-state index < -0.39 is 5.57 Å². The van der Waals surface area contributed by atoms with Crippen molar-refractivity contribution in [3.05, 3.63) is 72.3 Å². The molecule has 0 saturated heterocycles. The van der Waals surface area contributed by atoms with Gasteiger partial charge in [-0.25, -0.2) is 4.98 Å². The number of ether oxygens (including phenoxy) is 1. The molecule has 0 radical (unpaired) electrons. The molecule has 1 amide bonds. The molecule has 2 aromatic carbocycles. The lowest BCUT2D eigenvalue weighted by molar-refractivity contribution is -0.0964. The van der Waals surface area contributed by atoms with Gasteiger partial charge in [0.1, 0.15) is 5.75 Å². The average molecular weight is 471 g/mol. The van der Waals surface area contributed by atoms with E-state index in [-0.39, 0.29) is 17.7 Å². The van der Waals surface area contributed by atoms with Crippen LogP contribution in [-0.2, 0) is 0 Å². The van der Waals surface area contributed by atoms with Crippen molar-refractivity contribution in [2.45, 2.75) is 32.4 Å². The van der Waals surface area contributed by atoms with Crippen LogP contribution >= 0.6 is 11.6 Å². The van der Waals surface area contributed by atoms with Gasteiger partial charge in [-0.3, -0.25) is 9.78 Å². The van der Waals surface area contributed by atoms with E-state index in [1.54, 1.807) is 30.9 Å². The Morgan fingerprint density at radius 1 is 1.15 bits per heavy atom. The van der Waals surface area contributed by atoms with Gasteiger partial charge in [-0.05, 0) is 68.8 Å². The third-order valence-corrected chi connectivity index (χ3v) is 5.10. The molecular weight excluding hydrogens is 450 g/mol. The molecule has 9 heteroatoms. The van der Waals surface area contributed by atoms with Crippen molar-refractivity contribution in [1.82, 2.24) is 14.5 Å². The van der Waals surface area contributed by atoms with Crippen molar-refractivity contribution in [2.75, 3.05) is 5.32 Å². The number of hydrogen-bond acceptors (Lipinski definition) is 4. The lowest BCUT2D eigenvalue weighted by atomic mass is 10.0. The average Bonchev–Trinajstić information content (AvgIpc) is 3.18. The van der Waals surface area contributed by atoms with E-state index in [9.17, 15) is 13.6 Å². The van der Waals surface area contributed by atoms with Gasteiger partial charge < -0.3 is 14.6 Å². The molecule has 0 aliphatic heterocycles. The third-order valence-electron chi connectivity index (χ3n) is 5.02. The fourth-order valence-corrected chi connectivity index (χ4v) is 3.65. The molecule has 170 valence electrons. The zero-order valence-electron chi connectivity index (χ0n) is 18.1. The van der Waals surface area contributed by atoms with Crippen LogP contribution in [0.5, 0.6) is 5.75 Å². The van der Waals surface area contributed by atoms with E-state index in [1.165, 1.54) is 24.3 Å². The maximum atomic E-state index is 13.0. The lowest BCUT2D eigenvalue weighted by Gasteiger charge is -2.14. The summed E-state index contributed by atoms with van der Waals surface area (Å²) in [5.74, 6) is -0.489. The van der Waals surface area contributed by atoms with Crippen LogP contribution in [0.1, 0.15) is 35.8 Å². The first-order valence-corrected chi connectivity index (χ1v) is 10.6. The van der Waals surface area contributed by atoms with Crippen molar-refractivity contribution in [3.8, 4) is 16.9 Å². The summed E-state index contributed by atoms with van der Waals surface area (Å²) in [5.41, 5.74) is 1.32. The first-order valence-electron chi connectivity index (χ1n) is 10.2. The molecule has 0 atom stereocenters. The molecule has 0 bridgehead atoms. The summed E-state index contributed by atoms with van der Waals surface area (Å²) in [6.45, 7) is 6.08. The molecule has 1 N–H and O–H groups in total. The van der Waals surface area contributed by atoms with Crippen LogP contribution in [0, 0.1) is 6.92 Å². The Morgan fingerprint density at radius 2 is 1.88 bits per heavy atom. The van der Waals surface area contributed by atoms with Crippen LogP contribution < -0.4 is 10.1 Å². The number of aryl methyl sites for hydroxylation is 1. The number of carbonyl (C=O) groups is 1. The molecule has 0 aliphatic carbocycles. The summed E-state index contributed by atoms with van der Waals surface area (Å²) >= 11 is 4.78. The second kappa shape index (κ2) is 8.78. The summed E-state index contributed by atoms with van der Waals surface area (Å²) in [5, 5.41) is 2.77. The number of carbonyl (C=O) groups excluding carboxylic acids is 1. The molecular formula is C24H21ClF2N4O2. The molecule has 2 aromatic heterocycles. The Hall–Kier alpha value is -3.52. The zero-order valence-corrected chi connectivity index (χ0v) is 18.9. The first-order chi connectivity index (χ1) is 15.6. The van der Waals surface area contributed by atoms with Gasteiger partial charge in [0, 0.05) is 52.4 Å². The minimum atomic E-state index is -3.80. The molecule has 33 heavy (non-hydrogen) atoms. The molecule has 0 spiro atoms. The van der Waals surface area contributed by atoms with Crippen molar-refractivity contribution in [2.24, 2.45) is 0 Å². The topological polar surface area (TPSA) is 69.0 Å². The van der Waals surface area contributed by atoms with Gasteiger partial charge >= 0.3 is 5.57 Å². The highest BCUT2D eigenvalue weighted by Gasteiger charge is 2.27. The number of nitrogens with one attached hydrogen (secondary N) is 1. The number of amides is 1. The molecule has 4 aromatic rings. The van der Waals surface area contributed by atoms with E-state index in [2.05, 4.69) is 38.4 Å². The lowest BCUT2D eigenvalue weighted by Crippen LogP contribution is -2.16. The van der Waals surface area contributed by atoms with Crippen molar-refractivity contribution < 1.29 is 18.3 Å². The molecule has 0 unspecified atom stereocenters. The van der Waals surface area contributed by atoms with Gasteiger partial charge in [0.25, 0.3) is 5.91 Å². The number of fused-ring (bicyclic) bond motifs is 1. The van der Waals surface area contributed by atoms with Crippen molar-refractivity contribution in [1.29, 1.82) is 0 Å². The molecule has 0 aliphatic rings. The van der Waals surface area contributed by atoms with Crippen LogP contribution in [-0.4, -0.2) is 26.0 Å². The number of anilines is 1. The summed E-state index contributed by atoms with van der Waals surface area (Å²) in [7, 11) is 0. The molecule has 4 rings (SSSR count). The van der Waals surface area contributed by atoms with Gasteiger partial charge in [-0.2, -0.15) is 0 Å². The van der Waals surface area contributed by atoms with E-state index >= 15 is 0 Å². The Labute approximate surface area is 194 Å².